The fourth-order valence-corrected chi connectivity index (χ4v) is 2.45. The molecule has 4 nitrogen and oxygen atoms in total. The summed E-state index contributed by atoms with van der Waals surface area (Å²) in [4.78, 5) is 22.3. The molecule has 1 saturated carbocycles. The number of hydrogen-bond donors (Lipinski definition) is 2. The molecule has 0 bridgehead atoms. The van der Waals surface area contributed by atoms with Crippen LogP contribution in [0.25, 0.3) is 0 Å². The van der Waals surface area contributed by atoms with Gasteiger partial charge in [0.05, 0.1) is 18.4 Å². The molecule has 1 rings (SSSR count). The van der Waals surface area contributed by atoms with Gasteiger partial charge in [0.15, 0.2) is 0 Å². The molecule has 0 heterocycles. The molecule has 5 heteroatoms. The smallest absolute Gasteiger partial charge is 0.308 e. The number of thiol groups is 1. The van der Waals surface area contributed by atoms with Crippen molar-refractivity contribution in [3.63, 3.8) is 0 Å². The Labute approximate surface area is 94.4 Å². The van der Waals surface area contributed by atoms with Crippen molar-refractivity contribution in [1.82, 2.24) is 0 Å². The molecule has 86 valence electrons. The average Bonchev–Trinajstić information content (AvgIpc) is 2.17. The normalized spacial score (nSPS) is 30.9. The van der Waals surface area contributed by atoms with E-state index in [1.807, 2.05) is 0 Å². The van der Waals surface area contributed by atoms with Crippen LogP contribution in [0.4, 0.5) is 0 Å². The Kier molecular flexibility index (Phi) is 4.45. The highest BCUT2D eigenvalue weighted by Crippen LogP contribution is 2.33. The summed E-state index contributed by atoms with van der Waals surface area (Å²) in [6.45, 7) is 2.08. The van der Waals surface area contributed by atoms with Gasteiger partial charge < -0.3 is 9.84 Å². The number of aliphatic carboxylic acids is 1. The van der Waals surface area contributed by atoms with Crippen molar-refractivity contribution in [3.8, 4) is 0 Å². The molecule has 0 aromatic heterocycles. The molecule has 1 aliphatic rings. The fourth-order valence-electron chi connectivity index (χ4n) is 1.94. The molecule has 0 amide bonds. The first-order valence-corrected chi connectivity index (χ1v) is 5.63. The molecule has 3 atom stereocenters. The predicted molar refractivity (Wildman–Crippen MR) is 57.9 cm³/mol. The highest BCUT2D eigenvalue weighted by Gasteiger charge is 2.35. The van der Waals surface area contributed by atoms with Crippen LogP contribution < -0.4 is 0 Å². The summed E-state index contributed by atoms with van der Waals surface area (Å²) < 4.78 is 4.89. The predicted octanol–water partition coefficient (Wildman–Crippen LogP) is 1.35. The molecule has 0 saturated heterocycles. The van der Waals surface area contributed by atoms with Gasteiger partial charge in [0.25, 0.3) is 0 Å². The summed E-state index contributed by atoms with van der Waals surface area (Å²) in [5.74, 6) is -1.90. The minimum atomic E-state index is -0.844. The molecule has 0 aromatic rings. The molecule has 15 heavy (non-hydrogen) atoms. The van der Waals surface area contributed by atoms with Crippen molar-refractivity contribution in [3.05, 3.63) is 0 Å². The molecular formula is C10H16O4S. The van der Waals surface area contributed by atoms with E-state index < -0.39 is 11.9 Å². The first-order chi connectivity index (χ1) is 7.04. The fraction of sp³-hybridized carbons (Fsp3) is 0.800. The van der Waals surface area contributed by atoms with Gasteiger partial charge in [-0.15, -0.1) is 0 Å². The second kappa shape index (κ2) is 5.39. The van der Waals surface area contributed by atoms with E-state index in [9.17, 15) is 9.59 Å². The lowest BCUT2D eigenvalue weighted by molar-refractivity contribution is -0.151. The maximum absolute atomic E-state index is 11.5. The van der Waals surface area contributed by atoms with Gasteiger partial charge in [0.1, 0.15) is 0 Å². The number of hydrogen-bond acceptors (Lipinski definition) is 4. The second-order valence-corrected chi connectivity index (χ2v) is 4.58. The Bertz CT molecular complexity index is 254. The number of esters is 1. The maximum Gasteiger partial charge on any atom is 0.308 e. The summed E-state index contributed by atoms with van der Waals surface area (Å²) in [5.41, 5.74) is 0. The Hall–Kier alpha value is -0.710. The Morgan fingerprint density at radius 3 is 2.47 bits per heavy atom. The summed E-state index contributed by atoms with van der Waals surface area (Å²) >= 11 is 4.27. The molecule has 0 radical (unpaired) electrons. The van der Waals surface area contributed by atoms with Crippen LogP contribution in [-0.4, -0.2) is 28.9 Å². The largest absolute Gasteiger partial charge is 0.481 e. The van der Waals surface area contributed by atoms with Gasteiger partial charge in [0, 0.05) is 5.25 Å². The standard InChI is InChI=1S/C10H16O4S/c1-2-14-10(13)7-3-6(9(11)12)4-8(15)5-7/h6-8,15H,2-5H2,1H3,(H,11,12). The van der Waals surface area contributed by atoms with Crippen molar-refractivity contribution in [2.75, 3.05) is 6.61 Å². The van der Waals surface area contributed by atoms with E-state index in [0.29, 0.717) is 25.9 Å². The van der Waals surface area contributed by atoms with Crippen molar-refractivity contribution in [2.24, 2.45) is 11.8 Å². The van der Waals surface area contributed by atoms with E-state index >= 15 is 0 Å². The molecule has 0 spiro atoms. The third-order valence-corrected chi connectivity index (χ3v) is 3.07. The number of ether oxygens (including phenoxy) is 1. The lowest BCUT2D eigenvalue weighted by atomic mass is 9.81. The molecule has 1 aliphatic carbocycles. The highest BCUT2D eigenvalue weighted by molar-refractivity contribution is 7.80. The number of carbonyl (C=O) groups excluding carboxylic acids is 1. The van der Waals surface area contributed by atoms with Crippen molar-refractivity contribution < 1.29 is 19.4 Å². The zero-order valence-electron chi connectivity index (χ0n) is 8.68. The Morgan fingerprint density at radius 2 is 1.93 bits per heavy atom. The molecule has 0 aliphatic heterocycles. The Morgan fingerprint density at radius 1 is 1.33 bits per heavy atom. The van der Waals surface area contributed by atoms with Gasteiger partial charge >= 0.3 is 11.9 Å². The summed E-state index contributed by atoms with van der Waals surface area (Å²) in [6, 6.07) is 0. The lowest BCUT2D eigenvalue weighted by Gasteiger charge is -2.29. The van der Waals surface area contributed by atoms with Crippen LogP contribution in [0.5, 0.6) is 0 Å². The highest BCUT2D eigenvalue weighted by atomic mass is 32.1. The van der Waals surface area contributed by atoms with Crippen LogP contribution >= 0.6 is 12.6 Å². The van der Waals surface area contributed by atoms with Gasteiger partial charge in [-0.05, 0) is 26.2 Å². The van der Waals surface area contributed by atoms with E-state index in [1.165, 1.54) is 0 Å². The van der Waals surface area contributed by atoms with Crippen LogP contribution in [0.15, 0.2) is 0 Å². The van der Waals surface area contributed by atoms with Crippen LogP contribution in [0.1, 0.15) is 26.2 Å². The first-order valence-electron chi connectivity index (χ1n) is 5.12. The van der Waals surface area contributed by atoms with Crippen LogP contribution in [0, 0.1) is 11.8 Å². The van der Waals surface area contributed by atoms with E-state index in [0.717, 1.165) is 0 Å². The zero-order valence-corrected chi connectivity index (χ0v) is 9.57. The molecule has 3 unspecified atom stereocenters. The quantitative estimate of drug-likeness (QED) is 0.569. The van der Waals surface area contributed by atoms with E-state index in [2.05, 4.69) is 12.6 Å². The minimum Gasteiger partial charge on any atom is -0.481 e. The van der Waals surface area contributed by atoms with Crippen LogP contribution in [0.2, 0.25) is 0 Å². The number of carboxylic acid groups (broad SMARTS) is 1. The average molecular weight is 232 g/mol. The summed E-state index contributed by atoms with van der Waals surface area (Å²) in [7, 11) is 0. The number of carbonyl (C=O) groups is 2. The SMILES string of the molecule is CCOC(=O)C1CC(S)CC(C(=O)O)C1. The zero-order chi connectivity index (χ0) is 11.4. The van der Waals surface area contributed by atoms with Crippen molar-refractivity contribution >= 4 is 24.6 Å². The molecular weight excluding hydrogens is 216 g/mol. The van der Waals surface area contributed by atoms with E-state index in [-0.39, 0.29) is 17.1 Å². The molecule has 0 aromatic carbocycles. The summed E-state index contributed by atoms with van der Waals surface area (Å²) in [5, 5.41) is 8.88. The van der Waals surface area contributed by atoms with Crippen LogP contribution in [0.3, 0.4) is 0 Å². The monoisotopic (exact) mass is 232 g/mol. The van der Waals surface area contributed by atoms with Gasteiger partial charge in [-0.25, -0.2) is 0 Å². The molecule has 1 N–H and O–H groups in total. The van der Waals surface area contributed by atoms with Crippen molar-refractivity contribution in [1.29, 1.82) is 0 Å². The van der Waals surface area contributed by atoms with Gasteiger partial charge in [-0.3, -0.25) is 9.59 Å². The van der Waals surface area contributed by atoms with Gasteiger partial charge in [0.2, 0.25) is 0 Å². The van der Waals surface area contributed by atoms with Gasteiger partial charge in [-0.1, -0.05) is 0 Å². The topological polar surface area (TPSA) is 63.6 Å². The lowest BCUT2D eigenvalue weighted by Crippen LogP contribution is -2.33. The van der Waals surface area contributed by atoms with E-state index in [4.69, 9.17) is 9.84 Å². The summed E-state index contributed by atoms with van der Waals surface area (Å²) in [6.07, 6.45) is 1.53. The third kappa shape index (κ3) is 3.41. The third-order valence-electron chi connectivity index (χ3n) is 2.65. The number of carboxylic acids is 1. The van der Waals surface area contributed by atoms with E-state index in [1.54, 1.807) is 6.92 Å². The first kappa shape index (κ1) is 12.4. The maximum atomic E-state index is 11.5. The number of rotatable bonds is 3. The Balaban J connectivity index is 2.58. The minimum absolute atomic E-state index is 0.0192. The second-order valence-electron chi connectivity index (χ2n) is 3.85. The van der Waals surface area contributed by atoms with Crippen molar-refractivity contribution in [2.45, 2.75) is 31.4 Å². The molecule has 1 fully saturated rings. The van der Waals surface area contributed by atoms with Gasteiger partial charge in [-0.2, -0.15) is 12.6 Å². The van der Waals surface area contributed by atoms with Crippen LogP contribution in [-0.2, 0) is 14.3 Å².